The second-order valence-electron chi connectivity index (χ2n) is 4.33. The Morgan fingerprint density at radius 2 is 2.17 bits per heavy atom. The molecular weight excluding hydrogens is 450 g/mol. The number of hydrazone groups is 1. The largest absolute Gasteiger partial charge is 0.506 e. The number of nitrogens with one attached hydrogen (secondary N) is 1. The minimum atomic E-state index is -0.299. The molecule has 0 spiro atoms. The standard InChI is InChI=1S/C14H13Br2N3O3S/c1-2-22-12(20)5-9-7-23-14(18-9)19-17-6-8-3-10(15)13(21)11(16)4-8/h3-4,6-7,21H,2,5H2,1H3,(H,18,19). The third-order valence-corrected chi connectivity index (χ3v) is 4.60. The lowest BCUT2D eigenvalue weighted by Gasteiger charge is -2.01. The number of phenols is 1. The van der Waals surface area contributed by atoms with E-state index in [0.29, 0.717) is 26.4 Å². The molecule has 0 saturated heterocycles. The van der Waals surface area contributed by atoms with Crippen LogP contribution in [0.4, 0.5) is 5.13 Å². The van der Waals surface area contributed by atoms with Crippen LogP contribution >= 0.6 is 43.2 Å². The summed E-state index contributed by atoms with van der Waals surface area (Å²) in [6.07, 6.45) is 1.75. The Morgan fingerprint density at radius 1 is 1.48 bits per heavy atom. The van der Waals surface area contributed by atoms with Crippen LogP contribution in [-0.2, 0) is 16.0 Å². The number of esters is 1. The summed E-state index contributed by atoms with van der Waals surface area (Å²) < 4.78 is 6.01. The summed E-state index contributed by atoms with van der Waals surface area (Å²) >= 11 is 7.86. The van der Waals surface area contributed by atoms with Gasteiger partial charge in [-0.05, 0) is 56.5 Å². The Morgan fingerprint density at radius 3 is 2.83 bits per heavy atom. The molecule has 122 valence electrons. The molecule has 2 aromatic rings. The summed E-state index contributed by atoms with van der Waals surface area (Å²) in [5.41, 5.74) is 4.23. The van der Waals surface area contributed by atoms with Crippen molar-refractivity contribution in [3.8, 4) is 5.75 Å². The average molecular weight is 463 g/mol. The molecule has 1 aromatic heterocycles. The summed E-state index contributed by atoms with van der Waals surface area (Å²) in [5.74, 6) is -0.162. The van der Waals surface area contributed by atoms with Crippen LogP contribution < -0.4 is 5.43 Å². The summed E-state index contributed by atoms with van der Waals surface area (Å²) in [5, 5.41) is 16.1. The van der Waals surface area contributed by atoms with Crippen molar-refractivity contribution in [2.24, 2.45) is 5.10 Å². The highest BCUT2D eigenvalue weighted by molar-refractivity contribution is 9.11. The normalized spacial score (nSPS) is 10.9. The van der Waals surface area contributed by atoms with Crippen LogP contribution in [-0.4, -0.2) is 28.9 Å². The fourth-order valence-electron chi connectivity index (χ4n) is 1.62. The van der Waals surface area contributed by atoms with Gasteiger partial charge in [-0.2, -0.15) is 5.10 Å². The minimum Gasteiger partial charge on any atom is -0.506 e. The summed E-state index contributed by atoms with van der Waals surface area (Å²) in [4.78, 5) is 15.6. The van der Waals surface area contributed by atoms with Gasteiger partial charge in [-0.15, -0.1) is 11.3 Å². The number of aromatic hydroxyl groups is 1. The maximum absolute atomic E-state index is 11.4. The van der Waals surface area contributed by atoms with E-state index in [4.69, 9.17) is 4.74 Å². The van der Waals surface area contributed by atoms with Gasteiger partial charge < -0.3 is 9.84 Å². The fourth-order valence-corrected chi connectivity index (χ4v) is 3.50. The molecule has 0 fully saturated rings. The SMILES string of the molecule is CCOC(=O)Cc1csc(NN=Cc2cc(Br)c(O)c(Br)c2)n1. The number of ether oxygens (including phenoxy) is 1. The molecule has 1 heterocycles. The first kappa shape index (κ1) is 17.9. The number of phenolic OH excluding ortho intramolecular Hbond substituents is 1. The Balaban J connectivity index is 1.96. The van der Waals surface area contributed by atoms with Crippen LogP contribution in [0.15, 0.2) is 31.6 Å². The molecule has 0 unspecified atom stereocenters. The van der Waals surface area contributed by atoms with Gasteiger partial charge in [-0.3, -0.25) is 10.2 Å². The maximum Gasteiger partial charge on any atom is 0.311 e. The Hall–Kier alpha value is -1.45. The van der Waals surface area contributed by atoms with E-state index in [-0.39, 0.29) is 18.1 Å². The molecule has 0 radical (unpaired) electrons. The highest BCUT2D eigenvalue weighted by Gasteiger charge is 2.08. The predicted octanol–water partition coefficient (Wildman–Crippen LogP) is 3.93. The van der Waals surface area contributed by atoms with Gasteiger partial charge in [0.15, 0.2) is 0 Å². The van der Waals surface area contributed by atoms with Crippen molar-refractivity contribution >= 4 is 60.5 Å². The van der Waals surface area contributed by atoms with Gasteiger partial charge in [0.05, 0.1) is 33.9 Å². The van der Waals surface area contributed by atoms with E-state index < -0.39 is 0 Å². The van der Waals surface area contributed by atoms with Gasteiger partial charge in [0.2, 0.25) is 5.13 Å². The van der Waals surface area contributed by atoms with Crippen molar-refractivity contribution in [1.82, 2.24) is 4.98 Å². The molecule has 0 amide bonds. The first-order chi connectivity index (χ1) is 11.0. The zero-order chi connectivity index (χ0) is 16.8. The molecule has 0 bridgehead atoms. The first-order valence-electron chi connectivity index (χ1n) is 6.56. The van der Waals surface area contributed by atoms with Gasteiger partial charge >= 0.3 is 5.97 Å². The smallest absolute Gasteiger partial charge is 0.311 e. The Kier molecular flexibility index (Phi) is 6.55. The van der Waals surface area contributed by atoms with Crippen molar-refractivity contribution in [2.75, 3.05) is 12.0 Å². The van der Waals surface area contributed by atoms with E-state index in [1.807, 2.05) is 0 Å². The number of anilines is 1. The molecule has 0 aliphatic carbocycles. The van der Waals surface area contributed by atoms with Crippen LogP contribution in [0, 0.1) is 0 Å². The van der Waals surface area contributed by atoms with Gasteiger partial charge in [0.1, 0.15) is 5.75 Å². The molecular formula is C14H13Br2N3O3S. The molecule has 1 aromatic carbocycles. The molecule has 6 nitrogen and oxygen atoms in total. The molecule has 2 rings (SSSR count). The van der Waals surface area contributed by atoms with Crippen molar-refractivity contribution in [3.63, 3.8) is 0 Å². The van der Waals surface area contributed by atoms with Gasteiger partial charge in [-0.25, -0.2) is 4.98 Å². The van der Waals surface area contributed by atoms with Crippen LogP contribution in [0.25, 0.3) is 0 Å². The number of nitrogens with zero attached hydrogens (tertiary/aromatic N) is 2. The molecule has 9 heteroatoms. The zero-order valence-electron chi connectivity index (χ0n) is 12.0. The van der Waals surface area contributed by atoms with Crippen LogP contribution in [0.2, 0.25) is 0 Å². The first-order valence-corrected chi connectivity index (χ1v) is 9.03. The van der Waals surface area contributed by atoms with Gasteiger partial charge in [0.25, 0.3) is 0 Å². The monoisotopic (exact) mass is 461 g/mol. The fraction of sp³-hybridized carbons (Fsp3) is 0.214. The lowest BCUT2D eigenvalue weighted by atomic mass is 10.2. The van der Waals surface area contributed by atoms with E-state index in [2.05, 4.69) is 47.4 Å². The number of aromatic nitrogens is 1. The van der Waals surface area contributed by atoms with Crippen LogP contribution in [0.5, 0.6) is 5.75 Å². The van der Waals surface area contributed by atoms with E-state index in [9.17, 15) is 9.90 Å². The average Bonchev–Trinajstić information content (AvgIpc) is 2.92. The quantitative estimate of drug-likeness (QED) is 0.386. The van der Waals surface area contributed by atoms with Crippen LogP contribution in [0.1, 0.15) is 18.2 Å². The van der Waals surface area contributed by atoms with E-state index in [0.717, 1.165) is 5.56 Å². The number of hydrogen-bond donors (Lipinski definition) is 2. The number of thiazole rings is 1. The van der Waals surface area contributed by atoms with Crippen LogP contribution in [0.3, 0.4) is 0 Å². The van der Waals surface area contributed by atoms with Crippen molar-refractivity contribution in [1.29, 1.82) is 0 Å². The topological polar surface area (TPSA) is 83.8 Å². The third kappa shape index (κ3) is 5.29. The minimum absolute atomic E-state index is 0.138. The maximum atomic E-state index is 11.4. The molecule has 2 N–H and O–H groups in total. The second kappa shape index (κ2) is 8.42. The molecule has 0 aliphatic heterocycles. The number of hydrogen-bond acceptors (Lipinski definition) is 7. The number of benzene rings is 1. The number of carbonyl (C=O) groups excluding carboxylic acids is 1. The number of carbonyl (C=O) groups is 1. The Bertz CT molecular complexity index is 711. The Labute approximate surface area is 153 Å². The highest BCUT2D eigenvalue weighted by Crippen LogP contribution is 2.32. The summed E-state index contributed by atoms with van der Waals surface area (Å²) in [6, 6.07) is 3.47. The van der Waals surface area contributed by atoms with E-state index >= 15 is 0 Å². The summed E-state index contributed by atoms with van der Waals surface area (Å²) in [7, 11) is 0. The number of rotatable bonds is 6. The lowest BCUT2D eigenvalue weighted by molar-refractivity contribution is -0.142. The lowest BCUT2D eigenvalue weighted by Crippen LogP contribution is -2.07. The van der Waals surface area contributed by atoms with Crippen molar-refractivity contribution < 1.29 is 14.6 Å². The molecule has 0 saturated carbocycles. The van der Waals surface area contributed by atoms with Crippen molar-refractivity contribution in [2.45, 2.75) is 13.3 Å². The van der Waals surface area contributed by atoms with Gasteiger partial charge in [-0.1, -0.05) is 0 Å². The molecule has 0 atom stereocenters. The third-order valence-electron chi connectivity index (χ3n) is 2.60. The predicted molar refractivity (Wildman–Crippen MR) is 97.2 cm³/mol. The highest BCUT2D eigenvalue weighted by atomic mass is 79.9. The number of halogens is 2. The zero-order valence-corrected chi connectivity index (χ0v) is 16.0. The van der Waals surface area contributed by atoms with E-state index in [1.54, 1.807) is 30.7 Å². The molecule has 0 aliphatic rings. The second-order valence-corrected chi connectivity index (χ2v) is 6.90. The molecule has 23 heavy (non-hydrogen) atoms. The van der Waals surface area contributed by atoms with E-state index in [1.165, 1.54) is 11.3 Å². The van der Waals surface area contributed by atoms with Gasteiger partial charge in [0, 0.05) is 5.38 Å². The summed E-state index contributed by atoms with van der Waals surface area (Å²) in [6.45, 7) is 2.12. The van der Waals surface area contributed by atoms with Crippen molar-refractivity contribution in [3.05, 3.63) is 37.7 Å².